The lowest BCUT2D eigenvalue weighted by atomic mass is 9.93. The van der Waals surface area contributed by atoms with Gasteiger partial charge in [-0.1, -0.05) is 25.1 Å². The molecular weight excluding hydrogens is 353 g/mol. The van der Waals surface area contributed by atoms with Crippen LogP contribution in [0, 0.1) is 5.92 Å². The van der Waals surface area contributed by atoms with Crippen molar-refractivity contribution in [3.05, 3.63) is 35.4 Å². The van der Waals surface area contributed by atoms with Crippen molar-refractivity contribution in [1.82, 2.24) is 10.6 Å². The van der Waals surface area contributed by atoms with Gasteiger partial charge in [0.1, 0.15) is 0 Å². The van der Waals surface area contributed by atoms with E-state index >= 15 is 0 Å². The Kier molecular flexibility index (Phi) is 8.73. The van der Waals surface area contributed by atoms with Crippen LogP contribution in [0.25, 0.3) is 0 Å². The van der Waals surface area contributed by atoms with Crippen molar-refractivity contribution in [3.8, 4) is 0 Å². The summed E-state index contributed by atoms with van der Waals surface area (Å²) >= 11 is 0. The third-order valence-electron chi connectivity index (χ3n) is 4.59. The number of benzene rings is 1. The highest BCUT2D eigenvalue weighted by atomic mass is 35.5. The van der Waals surface area contributed by atoms with E-state index in [2.05, 4.69) is 10.6 Å². The predicted octanol–water partition coefficient (Wildman–Crippen LogP) is 4.13. The van der Waals surface area contributed by atoms with Gasteiger partial charge in [0.15, 0.2) is 0 Å². The number of hydrogen-bond acceptors (Lipinski definition) is 2. The van der Waals surface area contributed by atoms with Crippen LogP contribution in [-0.4, -0.2) is 25.5 Å². The van der Waals surface area contributed by atoms with Gasteiger partial charge in [0.05, 0.1) is 11.5 Å². The Hall–Kier alpha value is -1.27. The molecule has 0 aliphatic carbocycles. The van der Waals surface area contributed by atoms with Gasteiger partial charge in [0.2, 0.25) is 5.91 Å². The average molecular weight is 379 g/mol. The number of nitrogens with one attached hydrogen (secondary N) is 2. The van der Waals surface area contributed by atoms with Gasteiger partial charge < -0.3 is 10.6 Å². The van der Waals surface area contributed by atoms with Crippen molar-refractivity contribution in [1.29, 1.82) is 0 Å². The topological polar surface area (TPSA) is 41.1 Å². The Bertz CT molecular complexity index is 545. The summed E-state index contributed by atoms with van der Waals surface area (Å²) in [5, 5.41) is 6.22. The smallest absolute Gasteiger partial charge is 0.356 e. The Morgan fingerprint density at radius 1 is 1.40 bits per heavy atom. The minimum absolute atomic E-state index is 0. The zero-order valence-corrected chi connectivity index (χ0v) is 15.2. The molecule has 1 heterocycles. The summed E-state index contributed by atoms with van der Waals surface area (Å²) in [6.07, 6.45) is -0.706. The molecule has 2 rings (SSSR count). The lowest BCUT2D eigenvalue weighted by Gasteiger charge is -2.23. The van der Waals surface area contributed by atoms with Crippen LogP contribution < -0.4 is 10.6 Å². The van der Waals surface area contributed by atoms with Crippen molar-refractivity contribution in [2.24, 2.45) is 5.92 Å². The zero-order valence-electron chi connectivity index (χ0n) is 14.4. The number of alkyl halides is 3. The van der Waals surface area contributed by atoms with Crippen LogP contribution in [0.4, 0.5) is 13.2 Å². The van der Waals surface area contributed by atoms with Gasteiger partial charge in [0.25, 0.3) is 0 Å². The molecule has 142 valence electrons. The Labute approximate surface area is 153 Å². The number of rotatable bonds is 6. The van der Waals surface area contributed by atoms with Crippen molar-refractivity contribution < 1.29 is 18.0 Å². The summed E-state index contributed by atoms with van der Waals surface area (Å²) in [7, 11) is 0. The minimum atomic E-state index is -4.39. The van der Waals surface area contributed by atoms with Crippen LogP contribution in [0.5, 0.6) is 0 Å². The van der Waals surface area contributed by atoms with E-state index in [1.807, 2.05) is 6.92 Å². The SMILES string of the molecule is CCC(C(=O)NCCC1CCCNC1)c1cccc(C(F)(F)F)c1.Cl. The van der Waals surface area contributed by atoms with E-state index in [4.69, 9.17) is 0 Å². The molecule has 2 unspecified atom stereocenters. The standard InChI is InChI=1S/C18H25F3N2O.ClH/c1-2-16(14-6-3-7-15(11-14)18(19,20)21)17(24)23-10-8-13-5-4-9-22-12-13;/h3,6-7,11,13,16,22H,2,4-5,8-10,12H2,1H3,(H,23,24);1H. The third kappa shape index (κ3) is 6.51. The number of carbonyl (C=O) groups excluding carboxylic acids is 1. The number of halogens is 4. The van der Waals surface area contributed by atoms with Crippen LogP contribution >= 0.6 is 12.4 Å². The number of piperidine rings is 1. The predicted molar refractivity (Wildman–Crippen MR) is 94.9 cm³/mol. The van der Waals surface area contributed by atoms with E-state index in [-0.39, 0.29) is 18.3 Å². The summed E-state index contributed by atoms with van der Waals surface area (Å²) in [5.74, 6) is -0.176. The van der Waals surface area contributed by atoms with E-state index < -0.39 is 17.7 Å². The van der Waals surface area contributed by atoms with Gasteiger partial charge in [0, 0.05) is 6.54 Å². The van der Waals surface area contributed by atoms with Crippen LogP contribution in [-0.2, 0) is 11.0 Å². The second kappa shape index (κ2) is 10.0. The first-order chi connectivity index (χ1) is 11.4. The average Bonchev–Trinajstić information content (AvgIpc) is 2.56. The molecule has 7 heteroatoms. The second-order valence-corrected chi connectivity index (χ2v) is 6.38. The molecule has 1 amide bonds. The van der Waals surface area contributed by atoms with Crippen molar-refractivity contribution >= 4 is 18.3 Å². The Morgan fingerprint density at radius 2 is 2.16 bits per heavy atom. The summed E-state index contributed by atoms with van der Waals surface area (Å²) in [6, 6.07) is 5.07. The molecule has 1 aliphatic rings. The van der Waals surface area contributed by atoms with Crippen LogP contribution in [0.3, 0.4) is 0 Å². The number of carbonyl (C=O) groups is 1. The fourth-order valence-electron chi connectivity index (χ4n) is 3.20. The van der Waals surface area contributed by atoms with Crippen LogP contribution in [0.15, 0.2) is 24.3 Å². The molecule has 2 atom stereocenters. The van der Waals surface area contributed by atoms with E-state index in [0.29, 0.717) is 24.4 Å². The van der Waals surface area contributed by atoms with Gasteiger partial charge in [-0.2, -0.15) is 13.2 Å². The van der Waals surface area contributed by atoms with Crippen molar-refractivity contribution in [2.45, 2.75) is 44.7 Å². The highest BCUT2D eigenvalue weighted by Gasteiger charge is 2.31. The number of hydrogen-bond donors (Lipinski definition) is 2. The molecule has 0 saturated carbocycles. The van der Waals surface area contributed by atoms with E-state index in [0.717, 1.165) is 44.5 Å². The normalized spacial score (nSPS) is 19.0. The first kappa shape index (κ1) is 21.8. The Morgan fingerprint density at radius 3 is 2.76 bits per heavy atom. The maximum atomic E-state index is 12.8. The molecule has 3 nitrogen and oxygen atoms in total. The summed E-state index contributed by atoms with van der Waals surface area (Å²) < 4.78 is 38.5. The lowest BCUT2D eigenvalue weighted by molar-refractivity contribution is -0.137. The third-order valence-corrected chi connectivity index (χ3v) is 4.59. The molecule has 0 aromatic heterocycles. The Balaban J connectivity index is 0.00000312. The summed E-state index contributed by atoms with van der Waals surface area (Å²) in [5.41, 5.74) is -0.288. The first-order valence-corrected chi connectivity index (χ1v) is 8.57. The van der Waals surface area contributed by atoms with Crippen LogP contribution in [0.2, 0.25) is 0 Å². The second-order valence-electron chi connectivity index (χ2n) is 6.38. The molecule has 0 bridgehead atoms. The van der Waals surface area contributed by atoms with Gasteiger partial charge in [-0.25, -0.2) is 0 Å². The molecule has 0 radical (unpaired) electrons. The quantitative estimate of drug-likeness (QED) is 0.781. The van der Waals surface area contributed by atoms with E-state index in [1.54, 1.807) is 6.07 Å². The highest BCUT2D eigenvalue weighted by Crippen LogP contribution is 2.31. The van der Waals surface area contributed by atoms with Crippen LogP contribution in [0.1, 0.15) is 49.7 Å². The molecule has 1 fully saturated rings. The maximum absolute atomic E-state index is 12.8. The van der Waals surface area contributed by atoms with Gasteiger partial charge in [-0.05, 0) is 56.3 Å². The molecule has 1 saturated heterocycles. The molecule has 25 heavy (non-hydrogen) atoms. The van der Waals surface area contributed by atoms with Gasteiger partial charge in [-0.15, -0.1) is 12.4 Å². The van der Waals surface area contributed by atoms with Gasteiger partial charge >= 0.3 is 6.18 Å². The van der Waals surface area contributed by atoms with Gasteiger partial charge in [-0.3, -0.25) is 4.79 Å². The largest absolute Gasteiger partial charge is 0.416 e. The molecule has 1 aliphatic heterocycles. The van der Waals surface area contributed by atoms with Crippen molar-refractivity contribution in [2.75, 3.05) is 19.6 Å². The number of amides is 1. The lowest BCUT2D eigenvalue weighted by Crippen LogP contribution is -2.34. The zero-order chi connectivity index (χ0) is 17.6. The molecular formula is C18H26ClF3N2O. The van der Waals surface area contributed by atoms with Crippen molar-refractivity contribution in [3.63, 3.8) is 0 Å². The molecule has 1 aromatic rings. The summed E-state index contributed by atoms with van der Waals surface area (Å²) in [6.45, 7) is 4.41. The summed E-state index contributed by atoms with van der Waals surface area (Å²) in [4.78, 5) is 12.4. The minimum Gasteiger partial charge on any atom is -0.356 e. The fraction of sp³-hybridized carbons (Fsp3) is 0.611. The first-order valence-electron chi connectivity index (χ1n) is 8.57. The highest BCUT2D eigenvalue weighted by molar-refractivity contribution is 5.85. The fourth-order valence-corrected chi connectivity index (χ4v) is 3.20. The van der Waals surface area contributed by atoms with E-state index in [1.165, 1.54) is 6.07 Å². The molecule has 2 N–H and O–H groups in total. The maximum Gasteiger partial charge on any atom is 0.416 e. The molecule has 1 aromatic carbocycles. The monoisotopic (exact) mass is 378 g/mol. The van der Waals surface area contributed by atoms with E-state index in [9.17, 15) is 18.0 Å². The molecule has 0 spiro atoms.